The van der Waals surface area contributed by atoms with E-state index in [4.69, 9.17) is 0 Å². The van der Waals surface area contributed by atoms with Crippen LogP contribution < -0.4 is 0 Å². The van der Waals surface area contributed by atoms with E-state index in [1.165, 1.54) is 0 Å². The van der Waals surface area contributed by atoms with Crippen molar-refractivity contribution in [3.8, 4) is 0 Å². The predicted molar refractivity (Wildman–Crippen MR) is 41.8 cm³/mol. The summed E-state index contributed by atoms with van der Waals surface area (Å²) in [7, 11) is 0. The summed E-state index contributed by atoms with van der Waals surface area (Å²) in [4.78, 5) is 31.0. The zero-order chi connectivity index (χ0) is 10.3. The van der Waals surface area contributed by atoms with Crippen LogP contribution in [0.25, 0.3) is 0 Å². The average molecular weight is 182 g/mol. The second kappa shape index (κ2) is 5.51. The van der Waals surface area contributed by atoms with Gasteiger partial charge < -0.3 is 9.47 Å². The fraction of sp³-hybridized carbons (Fsp3) is 0. The molecule has 0 rings (SSSR count). The van der Waals surface area contributed by atoms with Gasteiger partial charge in [0.15, 0.2) is 0 Å². The van der Waals surface area contributed by atoms with Gasteiger partial charge in [0.05, 0.1) is 0 Å². The molecule has 0 aliphatic rings. The van der Waals surface area contributed by atoms with E-state index in [1.807, 2.05) is 0 Å². The summed E-state index contributed by atoms with van der Waals surface area (Å²) in [5.41, 5.74) is 0. The van der Waals surface area contributed by atoms with E-state index in [0.717, 1.165) is 18.1 Å². The van der Waals surface area contributed by atoms with Crippen molar-refractivity contribution in [3.63, 3.8) is 0 Å². The summed E-state index contributed by atoms with van der Waals surface area (Å²) in [6.07, 6.45) is 1.61. The molecule has 0 saturated heterocycles. The minimum absolute atomic E-state index is 0.805. The summed E-state index contributed by atoms with van der Waals surface area (Å²) in [6.45, 7) is 6.14. The minimum atomic E-state index is -0.921. The molecular weight excluding hydrogens is 176 g/mol. The molecule has 5 heteroatoms. The van der Waals surface area contributed by atoms with Gasteiger partial charge >= 0.3 is 17.9 Å². The third-order valence-electron chi connectivity index (χ3n) is 0.803. The van der Waals surface area contributed by atoms with E-state index in [0.29, 0.717) is 0 Å². The van der Waals surface area contributed by atoms with Gasteiger partial charge in [0, 0.05) is 12.2 Å². The Labute approximate surface area is 73.9 Å². The minimum Gasteiger partial charge on any atom is -0.380 e. The number of rotatable bonds is 4. The SMILES string of the molecule is C=CC(=O)OC(=C=O)OC(=O)C=C. The van der Waals surface area contributed by atoms with Crippen LogP contribution in [0.3, 0.4) is 0 Å². The van der Waals surface area contributed by atoms with Crippen LogP contribution in [0.5, 0.6) is 0 Å². The fourth-order valence-electron chi connectivity index (χ4n) is 0.329. The Bertz CT molecular complexity index is 272. The molecular formula is C8H6O5. The Morgan fingerprint density at radius 2 is 1.46 bits per heavy atom. The van der Waals surface area contributed by atoms with Crippen molar-refractivity contribution >= 4 is 17.9 Å². The molecule has 0 unspecified atom stereocenters. The first-order valence-corrected chi connectivity index (χ1v) is 3.07. The smallest absolute Gasteiger partial charge is 0.380 e. The van der Waals surface area contributed by atoms with Crippen molar-refractivity contribution in [1.82, 2.24) is 0 Å². The molecule has 0 atom stereocenters. The highest BCUT2D eigenvalue weighted by molar-refractivity contribution is 5.85. The van der Waals surface area contributed by atoms with E-state index in [9.17, 15) is 14.4 Å². The van der Waals surface area contributed by atoms with E-state index >= 15 is 0 Å². The Balaban J connectivity index is 4.30. The van der Waals surface area contributed by atoms with E-state index in [-0.39, 0.29) is 0 Å². The zero-order valence-electron chi connectivity index (χ0n) is 6.61. The molecule has 0 saturated carbocycles. The van der Waals surface area contributed by atoms with Crippen molar-refractivity contribution in [2.45, 2.75) is 0 Å². The monoisotopic (exact) mass is 182 g/mol. The molecule has 68 valence electrons. The van der Waals surface area contributed by atoms with Crippen molar-refractivity contribution in [2.75, 3.05) is 0 Å². The fourth-order valence-corrected chi connectivity index (χ4v) is 0.329. The first-order chi connectivity index (χ1) is 6.13. The molecule has 0 fully saturated rings. The van der Waals surface area contributed by atoms with Gasteiger partial charge in [-0.05, 0) is 0 Å². The lowest BCUT2D eigenvalue weighted by molar-refractivity contribution is -0.146. The summed E-state index contributed by atoms with van der Waals surface area (Å²) < 4.78 is 8.33. The van der Waals surface area contributed by atoms with Crippen LogP contribution in [-0.4, -0.2) is 17.9 Å². The number of esters is 2. The van der Waals surface area contributed by atoms with E-state index in [2.05, 4.69) is 22.6 Å². The van der Waals surface area contributed by atoms with E-state index in [1.54, 1.807) is 0 Å². The standard InChI is InChI=1S/C8H6O5/c1-3-6(10)12-8(5-9)13-7(11)4-2/h3-4H,1-2H2. The van der Waals surface area contributed by atoms with Crippen molar-refractivity contribution in [1.29, 1.82) is 0 Å². The maximum atomic E-state index is 10.5. The zero-order valence-corrected chi connectivity index (χ0v) is 6.61. The molecule has 0 aromatic rings. The van der Waals surface area contributed by atoms with Crippen LogP contribution >= 0.6 is 0 Å². The Hall–Kier alpha value is -2.13. The third kappa shape index (κ3) is 4.34. The highest BCUT2D eigenvalue weighted by Crippen LogP contribution is 1.97. The van der Waals surface area contributed by atoms with Crippen LogP contribution in [0.15, 0.2) is 31.3 Å². The molecule has 0 heterocycles. The molecule has 0 aromatic carbocycles. The van der Waals surface area contributed by atoms with Crippen molar-refractivity contribution in [3.05, 3.63) is 31.3 Å². The number of carbonyl (C=O) groups is 2. The summed E-state index contributed by atoms with van der Waals surface area (Å²) in [5, 5.41) is 0. The highest BCUT2D eigenvalue weighted by atomic mass is 16.7. The maximum Gasteiger partial charge on any atom is 0.386 e. The van der Waals surface area contributed by atoms with Crippen molar-refractivity contribution in [2.24, 2.45) is 0 Å². The molecule has 13 heavy (non-hydrogen) atoms. The number of carbonyl (C=O) groups excluding carboxylic acids is 3. The first kappa shape index (κ1) is 10.9. The maximum absolute atomic E-state index is 10.5. The molecule has 0 radical (unpaired) electrons. The average Bonchev–Trinajstić information content (AvgIpc) is 2.16. The molecule has 0 N–H and O–H groups in total. The second-order valence-corrected chi connectivity index (χ2v) is 1.64. The Morgan fingerprint density at radius 1 is 1.08 bits per heavy atom. The van der Waals surface area contributed by atoms with Crippen LogP contribution in [0.1, 0.15) is 0 Å². The second-order valence-electron chi connectivity index (χ2n) is 1.64. The highest BCUT2D eigenvalue weighted by Gasteiger charge is 2.09. The normalized spacial score (nSPS) is 7.69. The van der Waals surface area contributed by atoms with Gasteiger partial charge in [0.25, 0.3) is 0 Å². The molecule has 0 bridgehead atoms. The number of hydrogen-bond acceptors (Lipinski definition) is 5. The molecule has 0 aliphatic heterocycles. The number of hydrogen-bond donors (Lipinski definition) is 0. The summed E-state index contributed by atoms with van der Waals surface area (Å²) in [6, 6.07) is 0. The Morgan fingerprint density at radius 3 is 1.69 bits per heavy atom. The van der Waals surface area contributed by atoms with Crippen LogP contribution in [-0.2, 0) is 23.9 Å². The molecule has 0 amide bonds. The molecule has 0 spiro atoms. The lowest BCUT2D eigenvalue weighted by atomic mass is 10.6. The van der Waals surface area contributed by atoms with Gasteiger partial charge in [-0.2, -0.15) is 0 Å². The van der Waals surface area contributed by atoms with Gasteiger partial charge in [-0.25, -0.2) is 14.4 Å². The summed E-state index contributed by atoms with van der Waals surface area (Å²) in [5.74, 6) is -1.59. The topological polar surface area (TPSA) is 69.7 Å². The number of ether oxygens (including phenoxy) is 2. The van der Waals surface area contributed by atoms with Crippen molar-refractivity contribution < 1.29 is 23.9 Å². The quantitative estimate of drug-likeness (QED) is 0.267. The van der Waals surface area contributed by atoms with Gasteiger partial charge in [-0.1, -0.05) is 13.2 Å². The Kier molecular flexibility index (Phi) is 4.61. The van der Waals surface area contributed by atoms with Crippen LogP contribution in [0.2, 0.25) is 0 Å². The van der Waals surface area contributed by atoms with Gasteiger partial charge in [-0.3, -0.25) is 0 Å². The van der Waals surface area contributed by atoms with Crippen LogP contribution in [0.4, 0.5) is 0 Å². The molecule has 0 aliphatic carbocycles. The predicted octanol–water partition coefficient (Wildman–Crippen LogP) is 0.118. The lowest BCUT2D eigenvalue weighted by Gasteiger charge is -2.00. The van der Waals surface area contributed by atoms with Gasteiger partial charge in [0.2, 0.25) is 5.94 Å². The van der Waals surface area contributed by atoms with Crippen LogP contribution in [0, 0.1) is 0 Å². The molecule has 0 aromatic heterocycles. The first-order valence-electron chi connectivity index (χ1n) is 3.07. The largest absolute Gasteiger partial charge is 0.386 e. The third-order valence-corrected chi connectivity index (χ3v) is 0.803. The molecule has 5 nitrogen and oxygen atoms in total. The van der Waals surface area contributed by atoms with Gasteiger partial charge in [0.1, 0.15) is 0 Å². The van der Waals surface area contributed by atoms with E-state index < -0.39 is 17.9 Å². The van der Waals surface area contributed by atoms with Gasteiger partial charge in [-0.15, -0.1) is 0 Å². The summed E-state index contributed by atoms with van der Waals surface area (Å²) >= 11 is 0. The lowest BCUT2D eigenvalue weighted by Crippen LogP contribution is -2.08.